The van der Waals surface area contributed by atoms with Gasteiger partial charge in [0.05, 0.1) is 11.9 Å². The van der Waals surface area contributed by atoms with E-state index in [-0.39, 0.29) is 0 Å². The molecule has 0 aromatic carbocycles. The summed E-state index contributed by atoms with van der Waals surface area (Å²) in [6.07, 6.45) is 5.48. The summed E-state index contributed by atoms with van der Waals surface area (Å²) in [4.78, 5) is 8.33. The van der Waals surface area contributed by atoms with Gasteiger partial charge in [0, 0.05) is 25.0 Å². The Kier molecular flexibility index (Phi) is 3.93. The molecule has 0 unspecified atom stereocenters. The Morgan fingerprint density at radius 1 is 1.33 bits per heavy atom. The number of aryl methyl sites for hydroxylation is 2. The largest absolute Gasteiger partial charge is 0.333 e. The molecular weight excluding hydrogens is 190 g/mol. The van der Waals surface area contributed by atoms with E-state index in [0.29, 0.717) is 0 Å². The van der Waals surface area contributed by atoms with Crippen molar-refractivity contribution in [1.82, 2.24) is 19.7 Å². The highest BCUT2D eigenvalue weighted by Crippen LogP contribution is 2.14. The molecule has 0 spiro atoms. The van der Waals surface area contributed by atoms with Gasteiger partial charge in [-0.2, -0.15) is 5.10 Å². The summed E-state index contributed by atoms with van der Waals surface area (Å²) >= 11 is 0. The molecule has 0 amide bonds. The molecule has 0 aliphatic rings. The first-order chi connectivity index (χ1) is 7.25. The van der Waals surface area contributed by atoms with E-state index in [2.05, 4.69) is 20.8 Å². The maximum atomic E-state index is 4.50. The quantitative estimate of drug-likeness (QED) is 0.746. The number of nitrogens with two attached hydrogens (primary N) is 1. The molecule has 0 aliphatic carbocycles. The van der Waals surface area contributed by atoms with Gasteiger partial charge in [-0.25, -0.2) is 9.97 Å². The van der Waals surface area contributed by atoms with Crippen LogP contribution in [0.4, 0.5) is 0 Å². The molecule has 0 saturated heterocycles. The molecule has 0 atom stereocenters. The number of aromatic nitrogens is 4. The number of hydrogen-bond donors (Lipinski definition) is 1. The van der Waals surface area contributed by atoms with Crippen molar-refractivity contribution < 1.29 is 0 Å². The third kappa shape index (κ3) is 2.85. The summed E-state index contributed by atoms with van der Waals surface area (Å²) < 4.78 is 1.76. The van der Waals surface area contributed by atoms with Crippen molar-refractivity contribution in [3.8, 4) is 11.3 Å². The monoisotopic (exact) mass is 205 g/mol. The van der Waals surface area contributed by atoms with Gasteiger partial charge in [0.2, 0.25) is 0 Å². The third-order valence-corrected chi connectivity index (χ3v) is 1.78. The molecule has 80 valence electrons. The fraction of sp³-hybridized carbons (Fsp3) is 0.300. The minimum Gasteiger partial charge on any atom is -0.333 e. The molecule has 0 radical (unpaired) electrons. The van der Waals surface area contributed by atoms with E-state index < -0.39 is 0 Å². The molecule has 2 N–H and O–H groups in total. The minimum atomic E-state index is 0.779. The summed E-state index contributed by atoms with van der Waals surface area (Å²) in [7, 11) is 3.39. The van der Waals surface area contributed by atoms with Gasteiger partial charge in [0.25, 0.3) is 0 Å². The normalized spacial score (nSPS) is 9.33. The van der Waals surface area contributed by atoms with Crippen molar-refractivity contribution in [3.63, 3.8) is 0 Å². The summed E-state index contributed by atoms with van der Waals surface area (Å²) in [6.45, 7) is 1.87. The Balaban J connectivity index is 0.000000531. The van der Waals surface area contributed by atoms with Gasteiger partial charge >= 0.3 is 0 Å². The van der Waals surface area contributed by atoms with Crippen LogP contribution in [0.1, 0.15) is 5.82 Å². The molecular formula is C10H15N5. The zero-order valence-electron chi connectivity index (χ0n) is 9.18. The number of nitrogens with zero attached hydrogens (tertiary/aromatic N) is 4. The Morgan fingerprint density at radius 2 is 2.07 bits per heavy atom. The molecule has 0 fully saturated rings. The maximum absolute atomic E-state index is 4.50. The lowest BCUT2D eigenvalue weighted by Gasteiger charge is -1.95. The van der Waals surface area contributed by atoms with Crippen LogP contribution in [0.25, 0.3) is 11.3 Å². The lowest BCUT2D eigenvalue weighted by atomic mass is 10.2. The molecule has 5 nitrogen and oxygen atoms in total. The van der Waals surface area contributed by atoms with E-state index >= 15 is 0 Å². The topological polar surface area (TPSA) is 69.6 Å². The Bertz CT molecular complexity index is 421. The van der Waals surface area contributed by atoms with Crippen LogP contribution in [0, 0.1) is 6.92 Å². The number of rotatable bonds is 1. The van der Waals surface area contributed by atoms with Crippen LogP contribution >= 0.6 is 0 Å². The van der Waals surface area contributed by atoms with Gasteiger partial charge in [-0.05, 0) is 20.0 Å². The van der Waals surface area contributed by atoms with E-state index in [1.54, 1.807) is 17.1 Å². The average Bonchev–Trinajstić information content (AvgIpc) is 2.68. The van der Waals surface area contributed by atoms with E-state index in [0.717, 1.165) is 17.1 Å². The van der Waals surface area contributed by atoms with Gasteiger partial charge in [-0.3, -0.25) is 4.68 Å². The minimum absolute atomic E-state index is 0.779. The van der Waals surface area contributed by atoms with Crippen LogP contribution in [0.15, 0.2) is 24.7 Å². The zero-order valence-corrected chi connectivity index (χ0v) is 9.18. The molecule has 0 saturated carbocycles. The molecule has 5 heteroatoms. The van der Waals surface area contributed by atoms with Gasteiger partial charge < -0.3 is 5.73 Å². The molecule has 2 aromatic heterocycles. The highest BCUT2D eigenvalue weighted by atomic mass is 15.2. The molecule has 0 aliphatic heterocycles. The van der Waals surface area contributed by atoms with Crippen molar-refractivity contribution in [2.24, 2.45) is 12.8 Å². The van der Waals surface area contributed by atoms with Gasteiger partial charge in [-0.15, -0.1) is 0 Å². The van der Waals surface area contributed by atoms with E-state index in [1.807, 2.05) is 26.2 Å². The van der Waals surface area contributed by atoms with Gasteiger partial charge in [0.15, 0.2) is 0 Å². The predicted molar refractivity (Wildman–Crippen MR) is 59.1 cm³/mol. The van der Waals surface area contributed by atoms with Crippen LogP contribution in [-0.2, 0) is 7.05 Å². The summed E-state index contributed by atoms with van der Waals surface area (Å²) in [5, 5.41) is 4.08. The second-order valence-electron chi connectivity index (χ2n) is 2.89. The Hall–Kier alpha value is -1.75. The fourth-order valence-electron chi connectivity index (χ4n) is 1.17. The molecule has 2 rings (SSSR count). The standard InChI is InChI=1S/C9H10N4.CH5N/c1-7-10-4-3-9(12-7)8-5-11-13(2)6-8;1-2/h3-6H,1-2H3;2H2,1H3. The van der Waals surface area contributed by atoms with Gasteiger partial charge in [-0.1, -0.05) is 0 Å². The molecule has 0 bridgehead atoms. The van der Waals surface area contributed by atoms with Crippen molar-refractivity contribution in [1.29, 1.82) is 0 Å². The van der Waals surface area contributed by atoms with Crippen molar-refractivity contribution >= 4 is 0 Å². The van der Waals surface area contributed by atoms with Crippen LogP contribution in [0.2, 0.25) is 0 Å². The molecule has 2 heterocycles. The molecule has 2 aromatic rings. The van der Waals surface area contributed by atoms with Crippen molar-refractivity contribution in [2.45, 2.75) is 6.92 Å². The fourth-order valence-corrected chi connectivity index (χ4v) is 1.17. The Labute approximate surface area is 89.0 Å². The lowest BCUT2D eigenvalue weighted by Crippen LogP contribution is -1.88. The molecule has 15 heavy (non-hydrogen) atoms. The van der Waals surface area contributed by atoms with Crippen LogP contribution in [0.3, 0.4) is 0 Å². The highest BCUT2D eigenvalue weighted by Gasteiger charge is 2.01. The summed E-state index contributed by atoms with van der Waals surface area (Å²) in [5.41, 5.74) is 6.44. The maximum Gasteiger partial charge on any atom is 0.125 e. The Morgan fingerprint density at radius 3 is 2.60 bits per heavy atom. The van der Waals surface area contributed by atoms with Gasteiger partial charge in [0.1, 0.15) is 5.82 Å². The smallest absolute Gasteiger partial charge is 0.125 e. The SMILES string of the molecule is CN.Cc1nccc(-c2cnn(C)c2)n1. The first kappa shape index (κ1) is 11.3. The second-order valence-corrected chi connectivity index (χ2v) is 2.89. The zero-order chi connectivity index (χ0) is 11.3. The summed E-state index contributed by atoms with van der Waals surface area (Å²) in [6, 6.07) is 1.88. The first-order valence-electron chi connectivity index (χ1n) is 4.62. The summed E-state index contributed by atoms with van der Waals surface area (Å²) in [5.74, 6) is 0.779. The van der Waals surface area contributed by atoms with E-state index in [1.165, 1.54) is 7.05 Å². The van der Waals surface area contributed by atoms with Crippen molar-refractivity contribution in [3.05, 3.63) is 30.5 Å². The van der Waals surface area contributed by atoms with Crippen LogP contribution in [-0.4, -0.2) is 26.8 Å². The second kappa shape index (κ2) is 5.21. The number of hydrogen-bond acceptors (Lipinski definition) is 4. The first-order valence-corrected chi connectivity index (χ1v) is 4.62. The lowest BCUT2D eigenvalue weighted by molar-refractivity contribution is 0.768. The van der Waals surface area contributed by atoms with Crippen LogP contribution < -0.4 is 5.73 Å². The van der Waals surface area contributed by atoms with E-state index in [4.69, 9.17) is 0 Å². The van der Waals surface area contributed by atoms with Crippen LogP contribution in [0.5, 0.6) is 0 Å². The third-order valence-electron chi connectivity index (χ3n) is 1.78. The van der Waals surface area contributed by atoms with E-state index in [9.17, 15) is 0 Å². The van der Waals surface area contributed by atoms with Crippen molar-refractivity contribution in [2.75, 3.05) is 7.05 Å². The predicted octanol–water partition coefficient (Wildman–Crippen LogP) is 0.760. The highest BCUT2D eigenvalue weighted by molar-refractivity contribution is 5.56. The average molecular weight is 205 g/mol.